The molecule has 1 atom stereocenters. The molecule has 0 spiro atoms. The zero-order valence-electron chi connectivity index (χ0n) is 8.48. The lowest BCUT2D eigenvalue weighted by atomic mass is 9.97. The van der Waals surface area contributed by atoms with Crippen molar-refractivity contribution in [2.45, 2.75) is 25.6 Å². The Hall–Kier alpha value is -1.30. The van der Waals surface area contributed by atoms with Gasteiger partial charge < -0.3 is 10.8 Å². The summed E-state index contributed by atoms with van der Waals surface area (Å²) in [4.78, 5) is 0. The summed E-state index contributed by atoms with van der Waals surface area (Å²) in [6, 6.07) is 0.108. The first-order chi connectivity index (χ1) is 7.29. The summed E-state index contributed by atoms with van der Waals surface area (Å²) in [5, 5.41) is 9.29. The number of benzene rings is 1. The Bertz CT molecular complexity index is 389. The van der Waals surface area contributed by atoms with Gasteiger partial charge in [-0.05, 0) is 18.6 Å². The number of hydrogen-bond acceptors (Lipinski definition) is 2. The molecule has 0 heterocycles. The van der Waals surface area contributed by atoms with E-state index < -0.39 is 34.9 Å². The van der Waals surface area contributed by atoms with E-state index >= 15 is 0 Å². The highest BCUT2D eigenvalue weighted by Crippen LogP contribution is 2.40. The fourth-order valence-corrected chi connectivity index (χ4v) is 1.41. The Morgan fingerprint density at radius 1 is 1.38 bits per heavy atom. The second-order valence-corrected chi connectivity index (χ2v) is 3.37. The molecule has 0 amide bonds. The normalized spacial score (nSPS) is 13.9. The van der Waals surface area contributed by atoms with Gasteiger partial charge in [-0.3, -0.25) is 0 Å². The molecule has 0 aliphatic heterocycles. The lowest BCUT2D eigenvalue weighted by Gasteiger charge is -2.18. The van der Waals surface area contributed by atoms with Crippen molar-refractivity contribution < 1.29 is 22.7 Å². The summed E-state index contributed by atoms with van der Waals surface area (Å²) in [5.41, 5.74) is 3.75. The minimum absolute atomic E-state index is 0.167. The maximum atomic E-state index is 13.0. The van der Waals surface area contributed by atoms with Crippen molar-refractivity contribution in [2.75, 3.05) is 0 Å². The monoisotopic (exact) mass is 237 g/mol. The molecule has 0 fully saturated rings. The molecule has 0 aliphatic rings. The number of phenols is 1. The molecule has 0 saturated carbocycles. The van der Waals surface area contributed by atoms with Crippen LogP contribution in [0.25, 0.3) is 0 Å². The van der Waals surface area contributed by atoms with Gasteiger partial charge in [0.05, 0.1) is 5.56 Å². The maximum Gasteiger partial charge on any atom is 0.416 e. The molecule has 0 saturated heterocycles. The van der Waals surface area contributed by atoms with Gasteiger partial charge in [0.15, 0.2) is 11.6 Å². The van der Waals surface area contributed by atoms with Crippen molar-refractivity contribution >= 4 is 0 Å². The average Bonchev–Trinajstić information content (AvgIpc) is 2.19. The molecule has 2 nitrogen and oxygen atoms in total. The van der Waals surface area contributed by atoms with Crippen LogP contribution < -0.4 is 5.73 Å². The van der Waals surface area contributed by atoms with Gasteiger partial charge in [-0.2, -0.15) is 13.2 Å². The second-order valence-electron chi connectivity index (χ2n) is 3.37. The minimum Gasteiger partial charge on any atom is -0.505 e. The van der Waals surface area contributed by atoms with Crippen molar-refractivity contribution in [3.8, 4) is 5.75 Å². The van der Waals surface area contributed by atoms with Crippen molar-refractivity contribution in [1.82, 2.24) is 0 Å². The van der Waals surface area contributed by atoms with Crippen LogP contribution in [0.3, 0.4) is 0 Å². The Labute approximate surface area is 89.7 Å². The first-order valence-corrected chi connectivity index (χ1v) is 4.63. The average molecular weight is 237 g/mol. The number of rotatable bonds is 2. The molecule has 0 unspecified atom stereocenters. The number of halogens is 4. The van der Waals surface area contributed by atoms with Crippen LogP contribution in [0.1, 0.15) is 30.5 Å². The molecule has 1 aromatic rings. The molecule has 0 aliphatic carbocycles. The van der Waals surface area contributed by atoms with Crippen molar-refractivity contribution in [1.29, 1.82) is 0 Å². The van der Waals surface area contributed by atoms with E-state index in [9.17, 15) is 22.7 Å². The zero-order valence-corrected chi connectivity index (χ0v) is 8.48. The van der Waals surface area contributed by atoms with Crippen molar-refractivity contribution in [3.05, 3.63) is 29.1 Å². The Morgan fingerprint density at radius 2 is 1.94 bits per heavy atom. The maximum absolute atomic E-state index is 13.0. The molecule has 1 rings (SSSR count). The van der Waals surface area contributed by atoms with E-state index in [0.29, 0.717) is 12.1 Å². The molecule has 16 heavy (non-hydrogen) atoms. The first-order valence-electron chi connectivity index (χ1n) is 4.63. The third-order valence-corrected chi connectivity index (χ3v) is 2.28. The van der Waals surface area contributed by atoms with Crippen LogP contribution >= 0.6 is 0 Å². The first kappa shape index (κ1) is 12.8. The summed E-state index contributed by atoms with van der Waals surface area (Å²) in [6.45, 7) is 1.55. The van der Waals surface area contributed by atoms with E-state index in [1.165, 1.54) is 0 Å². The topological polar surface area (TPSA) is 46.2 Å². The van der Waals surface area contributed by atoms with Gasteiger partial charge in [-0.15, -0.1) is 0 Å². The number of alkyl halides is 3. The van der Waals surface area contributed by atoms with E-state index in [1.54, 1.807) is 6.92 Å². The van der Waals surface area contributed by atoms with Gasteiger partial charge >= 0.3 is 6.18 Å². The summed E-state index contributed by atoms with van der Waals surface area (Å²) in [6.07, 6.45) is -4.49. The highest BCUT2D eigenvalue weighted by molar-refractivity contribution is 5.44. The van der Waals surface area contributed by atoms with E-state index in [-0.39, 0.29) is 6.42 Å². The van der Waals surface area contributed by atoms with Gasteiger partial charge in [-0.25, -0.2) is 4.39 Å². The van der Waals surface area contributed by atoms with Crippen LogP contribution in [-0.2, 0) is 6.18 Å². The van der Waals surface area contributed by atoms with Crippen LogP contribution in [-0.4, -0.2) is 5.11 Å². The van der Waals surface area contributed by atoms with Gasteiger partial charge in [0, 0.05) is 11.6 Å². The Morgan fingerprint density at radius 3 is 2.38 bits per heavy atom. The third-order valence-electron chi connectivity index (χ3n) is 2.28. The summed E-state index contributed by atoms with van der Waals surface area (Å²) >= 11 is 0. The summed E-state index contributed by atoms with van der Waals surface area (Å²) in [7, 11) is 0. The van der Waals surface area contributed by atoms with Crippen LogP contribution in [0.5, 0.6) is 5.75 Å². The third kappa shape index (κ3) is 2.27. The largest absolute Gasteiger partial charge is 0.505 e. The lowest BCUT2D eigenvalue weighted by molar-refractivity contribution is -0.138. The van der Waals surface area contributed by atoms with E-state index in [4.69, 9.17) is 5.73 Å². The van der Waals surface area contributed by atoms with Crippen LogP contribution in [0.15, 0.2) is 12.1 Å². The Balaban J connectivity index is 3.45. The molecule has 6 heteroatoms. The Kier molecular flexibility index (Phi) is 3.42. The van der Waals surface area contributed by atoms with Crippen LogP contribution in [0, 0.1) is 5.82 Å². The predicted octanol–water partition coefficient (Wildman–Crippen LogP) is 2.96. The molecular weight excluding hydrogens is 226 g/mol. The van der Waals surface area contributed by atoms with E-state index in [1.807, 2.05) is 0 Å². The molecule has 90 valence electrons. The molecule has 0 radical (unpaired) electrons. The highest BCUT2D eigenvalue weighted by atomic mass is 19.4. The van der Waals surface area contributed by atoms with Gasteiger partial charge in [-0.1, -0.05) is 6.92 Å². The van der Waals surface area contributed by atoms with Gasteiger partial charge in [0.2, 0.25) is 0 Å². The van der Waals surface area contributed by atoms with Crippen molar-refractivity contribution in [2.24, 2.45) is 5.73 Å². The lowest BCUT2D eigenvalue weighted by Crippen LogP contribution is -2.17. The fraction of sp³-hybridized carbons (Fsp3) is 0.400. The molecule has 1 aromatic carbocycles. The smallest absolute Gasteiger partial charge is 0.416 e. The van der Waals surface area contributed by atoms with E-state index in [0.717, 1.165) is 0 Å². The second kappa shape index (κ2) is 4.29. The number of nitrogens with two attached hydrogens (primary N) is 1. The standard InChI is InChI=1S/C10H11F4NO/c1-2-7(15)8-5(10(12,13)14)3-4-6(11)9(8)16/h3-4,7,16H,2,15H2,1H3/t7-/m0/s1. The SMILES string of the molecule is CC[C@H](N)c1c(C(F)(F)F)ccc(F)c1O. The van der Waals surface area contributed by atoms with Crippen LogP contribution in [0.4, 0.5) is 17.6 Å². The van der Waals surface area contributed by atoms with E-state index in [2.05, 4.69) is 0 Å². The zero-order chi connectivity index (χ0) is 12.5. The van der Waals surface area contributed by atoms with Gasteiger partial charge in [0.1, 0.15) is 0 Å². The highest BCUT2D eigenvalue weighted by Gasteiger charge is 2.36. The van der Waals surface area contributed by atoms with Crippen LogP contribution in [0.2, 0.25) is 0 Å². The molecular formula is C10H11F4NO. The molecule has 0 aromatic heterocycles. The predicted molar refractivity (Wildman–Crippen MR) is 50.3 cm³/mol. The number of hydrogen-bond donors (Lipinski definition) is 2. The summed E-state index contributed by atoms with van der Waals surface area (Å²) in [5.74, 6) is -2.13. The number of phenolic OH excluding ortho intramolecular Hbond substituents is 1. The minimum atomic E-state index is -4.66. The quantitative estimate of drug-likeness (QED) is 0.777. The summed E-state index contributed by atoms with van der Waals surface area (Å²) < 4.78 is 50.7. The molecule has 3 N–H and O–H groups in total. The van der Waals surface area contributed by atoms with Gasteiger partial charge in [0.25, 0.3) is 0 Å². The number of aromatic hydroxyl groups is 1. The molecule has 0 bridgehead atoms. The fourth-order valence-electron chi connectivity index (χ4n) is 1.41. The van der Waals surface area contributed by atoms with Crippen molar-refractivity contribution in [3.63, 3.8) is 0 Å².